The van der Waals surface area contributed by atoms with Gasteiger partial charge >= 0.3 is 0 Å². The third kappa shape index (κ3) is 4.83. The number of benzene rings is 1. The first-order valence-corrected chi connectivity index (χ1v) is 7.84. The van der Waals surface area contributed by atoms with Gasteiger partial charge in [-0.05, 0) is 12.0 Å². The van der Waals surface area contributed by atoms with Crippen LogP contribution in [-0.4, -0.2) is 29.9 Å². The van der Waals surface area contributed by atoms with Crippen LogP contribution < -0.4 is 4.72 Å². The number of sulfonamides is 1. The molecule has 0 spiro atoms. The molecule has 0 aliphatic carbocycles. The Bertz CT molecular complexity index is 663. The first kappa shape index (κ1) is 17.1. The highest BCUT2D eigenvalue weighted by atomic mass is 35.5. The predicted molar refractivity (Wildman–Crippen MR) is 77.0 cm³/mol. The molecule has 1 aromatic carbocycles. The zero-order chi connectivity index (χ0) is 16.2. The fourth-order valence-electron chi connectivity index (χ4n) is 1.50. The van der Waals surface area contributed by atoms with E-state index in [-0.39, 0.29) is 23.2 Å². The van der Waals surface area contributed by atoms with E-state index in [4.69, 9.17) is 11.6 Å². The van der Waals surface area contributed by atoms with E-state index in [1.54, 1.807) is 6.92 Å². The van der Waals surface area contributed by atoms with Crippen LogP contribution in [0, 0.1) is 26.1 Å². The van der Waals surface area contributed by atoms with E-state index < -0.39 is 31.2 Å². The second-order valence-corrected chi connectivity index (χ2v) is 6.43. The Morgan fingerprint density at radius 3 is 2.38 bits per heavy atom. The summed E-state index contributed by atoms with van der Waals surface area (Å²) in [7, 11) is -3.84. The van der Waals surface area contributed by atoms with Crippen LogP contribution >= 0.6 is 11.6 Å². The van der Waals surface area contributed by atoms with Crippen LogP contribution in [0.15, 0.2) is 18.2 Å². The summed E-state index contributed by atoms with van der Waals surface area (Å²) < 4.78 is 25.7. The van der Waals surface area contributed by atoms with Crippen LogP contribution in [0.4, 0.5) is 17.1 Å². The van der Waals surface area contributed by atoms with Gasteiger partial charge in [-0.2, -0.15) is 0 Å². The summed E-state index contributed by atoms with van der Waals surface area (Å²) in [6, 6.07) is 2.66. The average Bonchev–Trinajstić information content (AvgIpc) is 2.37. The van der Waals surface area contributed by atoms with Crippen LogP contribution in [0.5, 0.6) is 0 Å². The number of nitro benzene ring substituents is 2. The molecule has 0 radical (unpaired) electrons. The number of hydrogen-bond acceptors (Lipinski definition) is 6. The Kier molecular flexibility index (Phi) is 5.44. The van der Waals surface area contributed by atoms with Gasteiger partial charge in [-0.15, -0.1) is 11.6 Å². The van der Waals surface area contributed by atoms with Gasteiger partial charge in [0.15, 0.2) is 0 Å². The largest absolute Gasteiger partial charge is 0.300 e. The minimum Gasteiger partial charge on any atom is -0.277 e. The quantitative estimate of drug-likeness (QED) is 0.460. The summed E-state index contributed by atoms with van der Waals surface area (Å²) in [4.78, 5) is 19.8. The molecule has 0 bridgehead atoms. The lowest BCUT2D eigenvalue weighted by atomic mass is 10.2. The highest BCUT2D eigenvalue weighted by Gasteiger charge is 2.23. The number of rotatable bonds is 7. The molecule has 1 N–H and O–H groups in total. The Labute approximate surface area is 125 Å². The zero-order valence-electron chi connectivity index (χ0n) is 10.9. The third-order valence-electron chi connectivity index (χ3n) is 2.42. The molecule has 1 atom stereocenters. The van der Waals surface area contributed by atoms with Gasteiger partial charge in [-0.1, -0.05) is 6.92 Å². The SMILES string of the molecule is CC(CCl)CS(=O)(=O)Nc1ccc([N+](=O)[O-])cc1[N+](=O)[O-]. The number of alkyl halides is 1. The van der Waals surface area contributed by atoms with Crippen molar-refractivity contribution < 1.29 is 18.3 Å². The molecular weight excluding hydrogens is 326 g/mol. The maximum atomic E-state index is 11.8. The number of non-ortho nitro benzene ring substituents is 1. The second-order valence-electron chi connectivity index (χ2n) is 4.36. The highest BCUT2D eigenvalue weighted by Crippen LogP contribution is 2.29. The van der Waals surface area contributed by atoms with E-state index in [0.29, 0.717) is 6.07 Å². The molecule has 1 rings (SSSR count). The van der Waals surface area contributed by atoms with Crippen molar-refractivity contribution in [2.24, 2.45) is 5.92 Å². The van der Waals surface area contributed by atoms with Gasteiger partial charge in [0.05, 0.1) is 21.7 Å². The predicted octanol–water partition coefficient (Wildman–Crippen LogP) is 2.12. The summed E-state index contributed by atoms with van der Waals surface area (Å²) in [6.45, 7) is 1.61. The number of nitro groups is 2. The highest BCUT2D eigenvalue weighted by molar-refractivity contribution is 7.92. The smallest absolute Gasteiger partial charge is 0.277 e. The number of anilines is 1. The minimum atomic E-state index is -3.84. The number of nitrogens with zero attached hydrogens (tertiary/aromatic N) is 2. The van der Waals surface area contributed by atoms with E-state index in [9.17, 15) is 28.6 Å². The second kappa shape index (κ2) is 6.68. The van der Waals surface area contributed by atoms with Crippen molar-refractivity contribution in [2.75, 3.05) is 16.4 Å². The van der Waals surface area contributed by atoms with Gasteiger partial charge in [-0.3, -0.25) is 25.0 Å². The molecule has 0 heterocycles. The lowest BCUT2D eigenvalue weighted by Crippen LogP contribution is -2.22. The van der Waals surface area contributed by atoms with Gasteiger partial charge in [0.2, 0.25) is 10.0 Å². The Balaban J connectivity index is 3.13. The molecular formula is C10H12ClN3O6S. The molecule has 9 nitrogen and oxygen atoms in total. The molecule has 1 unspecified atom stereocenters. The zero-order valence-corrected chi connectivity index (χ0v) is 12.4. The molecule has 0 fully saturated rings. The normalized spacial score (nSPS) is 12.7. The minimum absolute atomic E-state index is 0.114. The van der Waals surface area contributed by atoms with E-state index in [1.165, 1.54) is 0 Å². The number of hydrogen-bond donors (Lipinski definition) is 1. The van der Waals surface area contributed by atoms with E-state index in [0.717, 1.165) is 12.1 Å². The summed E-state index contributed by atoms with van der Waals surface area (Å²) in [5, 5.41) is 21.5. The van der Waals surface area contributed by atoms with Crippen molar-refractivity contribution in [2.45, 2.75) is 6.92 Å². The monoisotopic (exact) mass is 337 g/mol. The molecule has 11 heteroatoms. The number of nitrogens with one attached hydrogen (secondary N) is 1. The first-order valence-electron chi connectivity index (χ1n) is 5.65. The van der Waals surface area contributed by atoms with Gasteiger partial charge in [0.1, 0.15) is 5.69 Å². The van der Waals surface area contributed by atoms with Crippen molar-refractivity contribution in [1.29, 1.82) is 0 Å². The summed E-state index contributed by atoms with van der Waals surface area (Å²) in [5.74, 6) is -0.547. The Morgan fingerprint density at radius 1 is 1.29 bits per heavy atom. The van der Waals surface area contributed by atoms with Gasteiger partial charge in [0, 0.05) is 11.9 Å². The van der Waals surface area contributed by atoms with Crippen LogP contribution in [0.25, 0.3) is 0 Å². The van der Waals surface area contributed by atoms with E-state index in [1.807, 2.05) is 4.72 Å². The van der Waals surface area contributed by atoms with Crippen LogP contribution in [-0.2, 0) is 10.0 Å². The van der Waals surface area contributed by atoms with Gasteiger partial charge in [0.25, 0.3) is 11.4 Å². The third-order valence-corrected chi connectivity index (χ3v) is 4.49. The van der Waals surface area contributed by atoms with Gasteiger partial charge in [-0.25, -0.2) is 8.42 Å². The first-order chi connectivity index (χ1) is 9.66. The summed E-state index contributed by atoms with van der Waals surface area (Å²) >= 11 is 5.52. The van der Waals surface area contributed by atoms with Gasteiger partial charge < -0.3 is 0 Å². The molecule has 0 saturated carbocycles. The van der Waals surface area contributed by atoms with Crippen LogP contribution in [0.1, 0.15) is 6.92 Å². The standard InChI is InChI=1S/C10H12ClN3O6S/c1-7(5-11)6-21(19,20)12-9-3-2-8(13(15)16)4-10(9)14(17)18/h2-4,7,12H,5-6H2,1H3. The van der Waals surface area contributed by atoms with E-state index in [2.05, 4.69) is 0 Å². The number of halogens is 1. The topological polar surface area (TPSA) is 132 Å². The maximum Gasteiger partial charge on any atom is 0.300 e. The molecule has 0 aliphatic rings. The Morgan fingerprint density at radius 2 is 1.90 bits per heavy atom. The summed E-state index contributed by atoms with van der Waals surface area (Å²) in [6.07, 6.45) is 0. The maximum absolute atomic E-state index is 11.8. The van der Waals surface area contributed by atoms with Crippen molar-refractivity contribution in [3.63, 3.8) is 0 Å². The van der Waals surface area contributed by atoms with Crippen molar-refractivity contribution in [3.05, 3.63) is 38.4 Å². The molecule has 1 aromatic rings. The molecule has 0 amide bonds. The molecule has 116 valence electrons. The van der Waals surface area contributed by atoms with Crippen LogP contribution in [0.2, 0.25) is 0 Å². The molecule has 0 aliphatic heterocycles. The Hall–Kier alpha value is -1.94. The van der Waals surface area contributed by atoms with Crippen molar-refractivity contribution in [1.82, 2.24) is 0 Å². The fourth-order valence-corrected chi connectivity index (χ4v) is 3.20. The lowest BCUT2D eigenvalue weighted by molar-refractivity contribution is -0.393. The van der Waals surface area contributed by atoms with Crippen LogP contribution in [0.3, 0.4) is 0 Å². The molecule has 21 heavy (non-hydrogen) atoms. The van der Waals surface area contributed by atoms with Crippen molar-refractivity contribution in [3.8, 4) is 0 Å². The fraction of sp³-hybridized carbons (Fsp3) is 0.400. The summed E-state index contributed by atoms with van der Waals surface area (Å²) in [5.41, 5.74) is -1.52. The van der Waals surface area contributed by atoms with E-state index >= 15 is 0 Å². The lowest BCUT2D eigenvalue weighted by Gasteiger charge is -2.11. The molecule has 0 saturated heterocycles. The van der Waals surface area contributed by atoms with Crippen molar-refractivity contribution >= 4 is 38.7 Å². The molecule has 0 aromatic heterocycles. The average molecular weight is 338 g/mol.